The van der Waals surface area contributed by atoms with Crippen molar-refractivity contribution in [2.45, 2.75) is 32.2 Å². The summed E-state index contributed by atoms with van der Waals surface area (Å²) in [7, 11) is 0. The van der Waals surface area contributed by atoms with Crippen molar-refractivity contribution in [3.8, 4) is 0 Å². The van der Waals surface area contributed by atoms with Gasteiger partial charge in [0, 0.05) is 6.04 Å². The van der Waals surface area contributed by atoms with E-state index >= 15 is 0 Å². The first-order chi connectivity index (χ1) is 8.00. The largest absolute Gasteiger partial charge is 0.481 e. The number of carbonyl (C=O) groups excluding carboxylic acids is 1. The third-order valence-electron chi connectivity index (χ3n) is 2.33. The predicted octanol–water partition coefficient (Wildman–Crippen LogP) is 1.77. The highest BCUT2D eigenvalue weighted by Crippen LogP contribution is 2.19. The van der Waals surface area contributed by atoms with Gasteiger partial charge in [0.25, 0.3) is 0 Å². The summed E-state index contributed by atoms with van der Waals surface area (Å²) in [5, 5.41) is 11.6. The minimum absolute atomic E-state index is 0.00232. The summed E-state index contributed by atoms with van der Waals surface area (Å²) in [5.41, 5.74) is 0.730. The Morgan fingerprint density at radius 1 is 1.24 bits per heavy atom. The molecule has 92 valence electrons. The van der Waals surface area contributed by atoms with Gasteiger partial charge in [-0.2, -0.15) is 0 Å². The first kappa shape index (κ1) is 13.2. The minimum atomic E-state index is -0.974. The summed E-state index contributed by atoms with van der Waals surface area (Å²) in [6.45, 7) is 3.70. The van der Waals surface area contributed by atoms with Crippen molar-refractivity contribution in [1.29, 1.82) is 0 Å². The van der Waals surface area contributed by atoms with Gasteiger partial charge in [-0.3, -0.25) is 9.59 Å². The first-order valence-corrected chi connectivity index (χ1v) is 5.58. The number of carboxylic acids is 1. The summed E-state index contributed by atoms with van der Waals surface area (Å²) in [4.78, 5) is 22.7. The van der Waals surface area contributed by atoms with Gasteiger partial charge in [0.05, 0.1) is 12.3 Å². The summed E-state index contributed by atoms with van der Waals surface area (Å²) >= 11 is 0. The van der Waals surface area contributed by atoms with Gasteiger partial charge < -0.3 is 10.4 Å². The molecule has 0 aliphatic carbocycles. The van der Waals surface area contributed by atoms with Crippen molar-refractivity contribution in [2.75, 3.05) is 0 Å². The number of nitrogens with one attached hydrogen (secondary N) is 1. The Labute approximate surface area is 101 Å². The van der Waals surface area contributed by atoms with E-state index in [1.54, 1.807) is 24.3 Å². The number of carbonyl (C=O) groups is 2. The lowest BCUT2D eigenvalue weighted by atomic mass is 9.94. The number of hydrogen-bond donors (Lipinski definition) is 2. The van der Waals surface area contributed by atoms with Crippen molar-refractivity contribution in [1.82, 2.24) is 5.32 Å². The first-order valence-electron chi connectivity index (χ1n) is 5.58. The van der Waals surface area contributed by atoms with Crippen LogP contribution in [-0.4, -0.2) is 23.0 Å². The van der Waals surface area contributed by atoms with Crippen molar-refractivity contribution >= 4 is 11.9 Å². The zero-order valence-electron chi connectivity index (χ0n) is 10.0. The van der Waals surface area contributed by atoms with Crippen LogP contribution in [0.3, 0.4) is 0 Å². The molecule has 0 unspecified atom stereocenters. The van der Waals surface area contributed by atoms with Crippen LogP contribution in [0.15, 0.2) is 30.3 Å². The lowest BCUT2D eigenvalue weighted by Crippen LogP contribution is -2.35. The van der Waals surface area contributed by atoms with E-state index in [1.807, 2.05) is 19.9 Å². The van der Waals surface area contributed by atoms with Crippen molar-refractivity contribution in [3.05, 3.63) is 35.9 Å². The molecule has 1 rings (SSSR count). The minimum Gasteiger partial charge on any atom is -0.481 e. The fourth-order valence-electron chi connectivity index (χ4n) is 1.61. The number of benzene rings is 1. The van der Waals surface area contributed by atoms with Gasteiger partial charge >= 0.3 is 5.97 Å². The maximum atomic E-state index is 11.9. The standard InChI is InChI=1S/C13H17NO3/c1-9(2)14-13(17)11(8-12(15)16)10-6-4-3-5-7-10/h3-7,9,11H,8H2,1-2H3,(H,14,17)(H,15,16)/t11-/m1/s1. The maximum absolute atomic E-state index is 11.9. The second-order valence-electron chi connectivity index (χ2n) is 4.22. The molecule has 0 aromatic heterocycles. The van der Waals surface area contributed by atoms with Crippen LogP contribution in [0.25, 0.3) is 0 Å². The molecule has 2 N–H and O–H groups in total. The zero-order valence-corrected chi connectivity index (χ0v) is 10.0. The van der Waals surface area contributed by atoms with Gasteiger partial charge in [0.1, 0.15) is 0 Å². The van der Waals surface area contributed by atoms with Gasteiger partial charge in [0.2, 0.25) is 5.91 Å². The van der Waals surface area contributed by atoms with E-state index in [0.29, 0.717) is 0 Å². The van der Waals surface area contributed by atoms with E-state index < -0.39 is 11.9 Å². The molecule has 17 heavy (non-hydrogen) atoms. The van der Waals surface area contributed by atoms with Crippen LogP contribution in [0.4, 0.5) is 0 Å². The highest BCUT2D eigenvalue weighted by molar-refractivity contribution is 5.87. The topological polar surface area (TPSA) is 66.4 Å². The van der Waals surface area contributed by atoms with Gasteiger partial charge in [-0.15, -0.1) is 0 Å². The Balaban J connectivity index is 2.88. The van der Waals surface area contributed by atoms with Crippen LogP contribution in [0.5, 0.6) is 0 Å². The van der Waals surface area contributed by atoms with Gasteiger partial charge in [0.15, 0.2) is 0 Å². The molecule has 1 aromatic carbocycles. The summed E-state index contributed by atoms with van der Waals surface area (Å²) in [6.07, 6.45) is -0.192. The van der Waals surface area contributed by atoms with E-state index in [0.717, 1.165) is 5.56 Å². The highest BCUT2D eigenvalue weighted by Gasteiger charge is 2.23. The van der Waals surface area contributed by atoms with Crippen LogP contribution < -0.4 is 5.32 Å². The monoisotopic (exact) mass is 235 g/mol. The van der Waals surface area contributed by atoms with Crippen molar-refractivity contribution < 1.29 is 14.7 Å². The Hall–Kier alpha value is -1.84. The molecule has 0 aliphatic heterocycles. The Morgan fingerprint density at radius 2 is 1.82 bits per heavy atom. The fourth-order valence-corrected chi connectivity index (χ4v) is 1.61. The third kappa shape index (κ3) is 4.26. The van der Waals surface area contributed by atoms with Crippen LogP contribution in [0, 0.1) is 0 Å². The van der Waals surface area contributed by atoms with Crippen LogP contribution in [0.1, 0.15) is 31.7 Å². The number of aliphatic carboxylic acids is 1. The molecule has 0 spiro atoms. The van der Waals surface area contributed by atoms with E-state index in [-0.39, 0.29) is 18.4 Å². The smallest absolute Gasteiger partial charge is 0.304 e. The SMILES string of the molecule is CC(C)NC(=O)[C@H](CC(=O)O)c1ccccc1. The molecule has 0 heterocycles. The van der Waals surface area contributed by atoms with E-state index in [1.165, 1.54) is 0 Å². The summed E-state index contributed by atoms with van der Waals surface area (Å²) < 4.78 is 0. The predicted molar refractivity (Wildman–Crippen MR) is 64.7 cm³/mol. The van der Waals surface area contributed by atoms with Crippen molar-refractivity contribution in [3.63, 3.8) is 0 Å². The number of amides is 1. The van der Waals surface area contributed by atoms with Crippen molar-refractivity contribution in [2.24, 2.45) is 0 Å². The summed E-state index contributed by atoms with van der Waals surface area (Å²) in [6, 6.07) is 8.98. The molecule has 0 saturated heterocycles. The quantitative estimate of drug-likeness (QED) is 0.817. The molecular formula is C13H17NO3. The van der Waals surface area contributed by atoms with Crippen LogP contribution in [-0.2, 0) is 9.59 Å². The molecule has 4 nitrogen and oxygen atoms in total. The molecular weight excluding hydrogens is 218 g/mol. The number of carboxylic acid groups (broad SMARTS) is 1. The fraction of sp³-hybridized carbons (Fsp3) is 0.385. The van der Waals surface area contributed by atoms with Gasteiger partial charge in [-0.25, -0.2) is 0 Å². The van der Waals surface area contributed by atoms with Gasteiger partial charge in [-0.1, -0.05) is 30.3 Å². The third-order valence-corrected chi connectivity index (χ3v) is 2.33. The molecule has 4 heteroatoms. The molecule has 0 aliphatic rings. The Kier molecular flexibility index (Phi) is 4.69. The maximum Gasteiger partial charge on any atom is 0.304 e. The summed E-state index contributed by atoms with van der Waals surface area (Å²) in [5.74, 6) is -1.84. The van der Waals surface area contributed by atoms with E-state index in [2.05, 4.69) is 5.32 Å². The Morgan fingerprint density at radius 3 is 2.29 bits per heavy atom. The highest BCUT2D eigenvalue weighted by atomic mass is 16.4. The second kappa shape index (κ2) is 6.03. The molecule has 0 fully saturated rings. The number of hydrogen-bond acceptors (Lipinski definition) is 2. The van der Waals surface area contributed by atoms with Crippen LogP contribution in [0.2, 0.25) is 0 Å². The molecule has 1 atom stereocenters. The molecule has 0 saturated carbocycles. The van der Waals surface area contributed by atoms with Crippen LogP contribution >= 0.6 is 0 Å². The van der Waals surface area contributed by atoms with E-state index in [9.17, 15) is 9.59 Å². The van der Waals surface area contributed by atoms with E-state index in [4.69, 9.17) is 5.11 Å². The molecule has 0 radical (unpaired) electrons. The molecule has 0 bridgehead atoms. The Bertz CT molecular complexity index is 387. The lowest BCUT2D eigenvalue weighted by molar-refractivity contribution is -0.139. The lowest BCUT2D eigenvalue weighted by Gasteiger charge is -2.17. The normalized spacial score (nSPS) is 12.2. The number of rotatable bonds is 5. The van der Waals surface area contributed by atoms with Gasteiger partial charge in [-0.05, 0) is 19.4 Å². The molecule has 1 aromatic rings. The second-order valence-corrected chi connectivity index (χ2v) is 4.22. The molecule has 1 amide bonds. The zero-order chi connectivity index (χ0) is 12.8. The average molecular weight is 235 g/mol. The average Bonchev–Trinajstić information content (AvgIpc) is 2.25.